The number of hydrogen-bond donors (Lipinski definition) is 0. The fourth-order valence-electron chi connectivity index (χ4n) is 1.50. The molecule has 4 nitrogen and oxygen atoms in total. The van der Waals surface area contributed by atoms with E-state index in [9.17, 15) is 14.5 Å². The van der Waals surface area contributed by atoms with Crippen LogP contribution in [0.5, 0.6) is 5.75 Å². The molecule has 0 heterocycles. The van der Waals surface area contributed by atoms with E-state index in [0.29, 0.717) is 6.61 Å². The van der Waals surface area contributed by atoms with Crippen LogP contribution in [0.15, 0.2) is 16.6 Å². The highest BCUT2D eigenvalue weighted by Gasteiger charge is 2.42. The van der Waals surface area contributed by atoms with Gasteiger partial charge >= 0.3 is 5.69 Å². The number of nitrogens with zero attached hydrogens (tertiary/aromatic N) is 1. The minimum absolute atomic E-state index is 0.0204. The third kappa shape index (κ3) is 2.83. The molecule has 1 aromatic rings. The summed E-state index contributed by atoms with van der Waals surface area (Å²) in [6.45, 7) is 0.361. The molecule has 0 atom stereocenters. The Balaban J connectivity index is 2.20. The molecule has 1 aliphatic rings. The summed E-state index contributed by atoms with van der Waals surface area (Å²) < 4.78 is 18.9. The lowest BCUT2D eigenvalue weighted by atomic mass is 10.2. The Kier molecular flexibility index (Phi) is 3.91. The van der Waals surface area contributed by atoms with Crippen molar-refractivity contribution in [3.05, 3.63) is 32.5 Å². The molecule has 0 amide bonds. The molecule has 0 aromatic heterocycles. The third-order valence-corrected chi connectivity index (χ3v) is 4.77. The van der Waals surface area contributed by atoms with Crippen LogP contribution in [0.1, 0.15) is 12.8 Å². The van der Waals surface area contributed by atoms with Crippen molar-refractivity contribution >= 4 is 37.5 Å². The lowest BCUT2D eigenvalue weighted by Gasteiger charge is -2.13. The molecule has 1 fully saturated rings. The summed E-state index contributed by atoms with van der Waals surface area (Å²) in [7, 11) is 0. The van der Waals surface area contributed by atoms with Crippen LogP contribution in [0.3, 0.4) is 0 Å². The summed E-state index contributed by atoms with van der Waals surface area (Å²) >= 11 is 6.31. The standard InChI is InChI=1S/C11H10Br2FNO3/c12-5-11(1-2-11)6-18-10-4-8(14)7(13)3-9(10)15(16)17/h3-4H,1-2,5-6H2. The maximum Gasteiger partial charge on any atom is 0.312 e. The summed E-state index contributed by atoms with van der Waals surface area (Å²) in [5.74, 6) is -0.591. The maximum absolute atomic E-state index is 13.4. The molecule has 1 aliphatic carbocycles. The van der Waals surface area contributed by atoms with E-state index in [-0.39, 0.29) is 21.3 Å². The second kappa shape index (κ2) is 5.13. The van der Waals surface area contributed by atoms with Gasteiger partial charge < -0.3 is 4.74 Å². The first-order valence-electron chi connectivity index (χ1n) is 5.30. The highest BCUT2D eigenvalue weighted by Crippen LogP contribution is 2.47. The third-order valence-electron chi connectivity index (χ3n) is 2.97. The van der Waals surface area contributed by atoms with Gasteiger partial charge in [0.15, 0.2) is 5.75 Å². The summed E-state index contributed by atoms with van der Waals surface area (Å²) in [4.78, 5) is 10.3. The van der Waals surface area contributed by atoms with Crippen molar-refractivity contribution in [2.24, 2.45) is 5.41 Å². The Morgan fingerprint density at radius 1 is 1.50 bits per heavy atom. The van der Waals surface area contributed by atoms with E-state index in [2.05, 4.69) is 31.9 Å². The summed E-state index contributed by atoms with van der Waals surface area (Å²) in [5.41, 5.74) is -0.175. The van der Waals surface area contributed by atoms with E-state index < -0.39 is 10.7 Å². The van der Waals surface area contributed by atoms with Crippen LogP contribution in [-0.4, -0.2) is 16.9 Å². The van der Waals surface area contributed by atoms with E-state index in [4.69, 9.17) is 4.74 Å². The second-order valence-corrected chi connectivity index (χ2v) is 5.83. The number of ether oxygens (including phenoxy) is 1. The quantitative estimate of drug-likeness (QED) is 0.438. The van der Waals surface area contributed by atoms with Crippen molar-refractivity contribution in [3.8, 4) is 5.75 Å². The van der Waals surface area contributed by atoms with Gasteiger partial charge in [-0.2, -0.15) is 0 Å². The molecule has 1 aromatic carbocycles. The first-order chi connectivity index (χ1) is 8.47. The van der Waals surface area contributed by atoms with Gasteiger partial charge in [-0.1, -0.05) is 15.9 Å². The van der Waals surface area contributed by atoms with Gasteiger partial charge in [0.25, 0.3) is 0 Å². The van der Waals surface area contributed by atoms with Crippen LogP contribution in [-0.2, 0) is 0 Å². The van der Waals surface area contributed by atoms with Gasteiger partial charge in [0.2, 0.25) is 0 Å². The Hall–Kier alpha value is -0.690. The van der Waals surface area contributed by atoms with E-state index >= 15 is 0 Å². The average Bonchev–Trinajstić information content (AvgIpc) is 3.10. The number of nitro benzene ring substituents is 1. The molecule has 7 heteroatoms. The zero-order chi connectivity index (χ0) is 13.3. The Morgan fingerprint density at radius 3 is 2.67 bits per heavy atom. The van der Waals surface area contributed by atoms with Gasteiger partial charge in [0.05, 0.1) is 16.0 Å². The highest BCUT2D eigenvalue weighted by molar-refractivity contribution is 9.10. The van der Waals surface area contributed by atoms with Gasteiger partial charge in [-0.15, -0.1) is 0 Å². The van der Waals surface area contributed by atoms with Crippen LogP contribution in [0.25, 0.3) is 0 Å². The molecule has 0 aliphatic heterocycles. The van der Waals surface area contributed by atoms with E-state index in [1.807, 2.05) is 0 Å². The fraction of sp³-hybridized carbons (Fsp3) is 0.455. The Labute approximate surface area is 120 Å². The minimum Gasteiger partial charge on any atom is -0.486 e. The first-order valence-corrected chi connectivity index (χ1v) is 7.21. The van der Waals surface area contributed by atoms with Crippen LogP contribution < -0.4 is 4.74 Å². The average molecular weight is 383 g/mol. The molecule has 18 heavy (non-hydrogen) atoms. The first kappa shape index (κ1) is 13.7. The Bertz CT molecular complexity index is 491. The lowest BCUT2D eigenvalue weighted by molar-refractivity contribution is -0.386. The monoisotopic (exact) mass is 381 g/mol. The number of alkyl halides is 1. The molecule has 98 valence electrons. The molecule has 2 rings (SSSR count). The van der Waals surface area contributed by atoms with Crippen molar-refractivity contribution in [1.29, 1.82) is 0 Å². The molecular formula is C11H10Br2FNO3. The van der Waals surface area contributed by atoms with Gasteiger partial charge in [0, 0.05) is 22.9 Å². The number of nitro groups is 1. The molecule has 0 bridgehead atoms. The van der Waals surface area contributed by atoms with Gasteiger partial charge in [0.1, 0.15) is 5.82 Å². The van der Waals surface area contributed by atoms with Crippen LogP contribution in [0.2, 0.25) is 0 Å². The summed E-state index contributed by atoms with van der Waals surface area (Å²) in [6.07, 6.45) is 2.04. The molecule has 0 spiro atoms. The predicted molar refractivity (Wildman–Crippen MR) is 71.7 cm³/mol. The van der Waals surface area contributed by atoms with Crippen molar-refractivity contribution in [1.82, 2.24) is 0 Å². The van der Waals surface area contributed by atoms with Crippen molar-refractivity contribution < 1.29 is 14.1 Å². The number of halogens is 3. The predicted octanol–water partition coefficient (Wildman–Crippen LogP) is 4.05. The van der Waals surface area contributed by atoms with Gasteiger partial charge in [-0.3, -0.25) is 10.1 Å². The van der Waals surface area contributed by atoms with Gasteiger partial charge in [-0.05, 0) is 28.8 Å². The van der Waals surface area contributed by atoms with Crippen molar-refractivity contribution in [3.63, 3.8) is 0 Å². The van der Waals surface area contributed by atoms with Crippen LogP contribution in [0.4, 0.5) is 10.1 Å². The normalized spacial score (nSPS) is 16.4. The summed E-state index contributed by atoms with van der Waals surface area (Å²) in [6, 6.07) is 2.17. The molecule has 0 N–H and O–H groups in total. The number of rotatable bonds is 5. The summed E-state index contributed by atoms with van der Waals surface area (Å²) in [5, 5.41) is 11.7. The molecule has 0 saturated heterocycles. The largest absolute Gasteiger partial charge is 0.486 e. The lowest BCUT2D eigenvalue weighted by Crippen LogP contribution is -2.15. The zero-order valence-corrected chi connectivity index (χ0v) is 12.5. The maximum atomic E-state index is 13.4. The fourth-order valence-corrected chi connectivity index (χ4v) is 2.55. The van der Waals surface area contributed by atoms with Crippen molar-refractivity contribution in [2.45, 2.75) is 12.8 Å². The number of benzene rings is 1. The van der Waals surface area contributed by atoms with E-state index in [1.165, 1.54) is 0 Å². The minimum atomic E-state index is -0.576. The number of hydrogen-bond acceptors (Lipinski definition) is 3. The van der Waals surface area contributed by atoms with E-state index in [0.717, 1.165) is 30.3 Å². The SMILES string of the molecule is O=[N+]([O-])c1cc(Br)c(F)cc1OCC1(CBr)CC1. The topological polar surface area (TPSA) is 52.4 Å². The molecule has 1 saturated carbocycles. The highest BCUT2D eigenvalue weighted by atomic mass is 79.9. The molecule has 0 unspecified atom stereocenters. The molecule has 0 radical (unpaired) electrons. The molecular weight excluding hydrogens is 373 g/mol. The van der Waals surface area contributed by atoms with E-state index in [1.54, 1.807) is 0 Å². The van der Waals surface area contributed by atoms with Gasteiger partial charge in [-0.25, -0.2) is 4.39 Å². The Morgan fingerprint density at radius 2 is 2.17 bits per heavy atom. The second-order valence-electron chi connectivity index (χ2n) is 4.41. The van der Waals surface area contributed by atoms with Crippen LogP contribution >= 0.6 is 31.9 Å². The smallest absolute Gasteiger partial charge is 0.312 e. The van der Waals surface area contributed by atoms with Crippen LogP contribution in [0, 0.1) is 21.3 Å². The zero-order valence-electron chi connectivity index (χ0n) is 9.29. The van der Waals surface area contributed by atoms with Crippen molar-refractivity contribution in [2.75, 3.05) is 11.9 Å².